The van der Waals surface area contributed by atoms with Crippen molar-refractivity contribution in [1.29, 1.82) is 0 Å². The number of hydrogen-bond acceptors (Lipinski definition) is 8. The number of carbonyl (C=O) groups excluding carboxylic acids is 3. The third-order valence-electron chi connectivity index (χ3n) is 4.46. The van der Waals surface area contributed by atoms with E-state index in [1.54, 1.807) is 60.7 Å². The molecule has 0 saturated carbocycles. The Labute approximate surface area is 190 Å². The zero-order valence-electron chi connectivity index (χ0n) is 17.4. The van der Waals surface area contributed by atoms with Crippen LogP contribution < -0.4 is 11.1 Å². The SMILES string of the molecule is NC(=O)CC(NC(=O)[CH]CS(=O)(=O)Cc1ccccc1)C(=O)c1nc(-c2ccccc2)no1. The number of benzene rings is 2. The van der Waals surface area contributed by atoms with E-state index >= 15 is 0 Å². The van der Waals surface area contributed by atoms with Gasteiger partial charge < -0.3 is 15.6 Å². The molecule has 0 saturated heterocycles. The molecule has 3 N–H and O–H groups in total. The molecule has 10 nitrogen and oxygen atoms in total. The van der Waals surface area contributed by atoms with E-state index in [1.165, 1.54) is 0 Å². The Balaban J connectivity index is 1.64. The Morgan fingerprint density at radius 3 is 2.30 bits per heavy atom. The smallest absolute Gasteiger partial charge is 0.296 e. The minimum Gasteiger partial charge on any atom is -0.370 e. The van der Waals surface area contributed by atoms with Crippen molar-refractivity contribution < 1.29 is 27.3 Å². The number of hydrogen-bond donors (Lipinski definition) is 2. The van der Waals surface area contributed by atoms with Gasteiger partial charge in [-0.05, 0) is 5.56 Å². The first-order valence-electron chi connectivity index (χ1n) is 9.83. The number of nitrogens with one attached hydrogen (secondary N) is 1. The molecular weight excluding hydrogens is 448 g/mol. The molecule has 171 valence electrons. The number of Topliss-reactive ketones (excluding diaryl/α,β-unsaturated/α-hetero) is 1. The van der Waals surface area contributed by atoms with Crippen LogP contribution in [0.5, 0.6) is 0 Å². The lowest BCUT2D eigenvalue weighted by Crippen LogP contribution is -2.44. The molecule has 1 aromatic heterocycles. The van der Waals surface area contributed by atoms with Crippen LogP contribution in [0.3, 0.4) is 0 Å². The highest BCUT2D eigenvalue weighted by Crippen LogP contribution is 2.16. The normalized spacial score (nSPS) is 12.1. The van der Waals surface area contributed by atoms with Gasteiger partial charge in [-0.1, -0.05) is 65.8 Å². The van der Waals surface area contributed by atoms with E-state index in [2.05, 4.69) is 15.5 Å². The van der Waals surface area contributed by atoms with Gasteiger partial charge in [0.15, 0.2) is 9.84 Å². The van der Waals surface area contributed by atoms with Crippen LogP contribution in [0, 0.1) is 6.42 Å². The van der Waals surface area contributed by atoms with Crippen LogP contribution >= 0.6 is 0 Å². The predicted molar refractivity (Wildman–Crippen MR) is 118 cm³/mol. The lowest BCUT2D eigenvalue weighted by molar-refractivity contribution is -0.119. The summed E-state index contributed by atoms with van der Waals surface area (Å²) in [6.45, 7) is 0. The molecule has 0 aliphatic heterocycles. The number of carbonyl (C=O) groups is 3. The van der Waals surface area contributed by atoms with E-state index in [0.29, 0.717) is 11.1 Å². The minimum atomic E-state index is -3.62. The van der Waals surface area contributed by atoms with E-state index in [-0.39, 0.29) is 11.6 Å². The van der Waals surface area contributed by atoms with Crippen LogP contribution in [0.1, 0.15) is 22.7 Å². The highest BCUT2D eigenvalue weighted by molar-refractivity contribution is 7.90. The summed E-state index contributed by atoms with van der Waals surface area (Å²) in [6, 6.07) is 15.8. The fraction of sp³-hybridized carbons (Fsp3) is 0.182. The van der Waals surface area contributed by atoms with E-state index in [9.17, 15) is 22.8 Å². The van der Waals surface area contributed by atoms with Crippen LogP contribution in [0.25, 0.3) is 11.4 Å². The summed E-state index contributed by atoms with van der Waals surface area (Å²) < 4.78 is 29.5. The zero-order chi connectivity index (χ0) is 23.8. The number of ketones is 1. The Kier molecular flexibility index (Phi) is 7.67. The average Bonchev–Trinajstić information content (AvgIpc) is 3.28. The zero-order valence-corrected chi connectivity index (χ0v) is 18.2. The highest BCUT2D eigenvalue weighted by atomic mass is 32.2. The maximum absolute atomic E-state index is 12.8. The van der Waals surface area contributed by atoms with Crippen molar-refractivity contribution in [1.82, 2.24) is 15.5 Å². The lowest BCUT2D eigenvalue weighted by Gasteiger charge is -2.14. The molecule has 1 atom stereocenters. The summed E-state index contributed by atoms with van der Waals surface area (Å²) in [5, 5.41) is 6.03. The number of amides is 2. The summed E-state index contributed by atoms with van der Waals surface area (Å²) >= 11 is 0. The van der Waals surface area contributed by atoms with Crippen LogP contribution in [-0.4, -0.2) is 48.0 Å². The third kappa shape index (κ3) is 7.07. The summed E-state index contributed by atoms with van der Waals surface area (Å²) in [6.07, 6.45) is 0.362. The standard InChI is InChI=1S/C22H21N4O6S/c23-18(27)13-17(20(29)22-25-21(26-32-22)16-9-5-2-6-10-16)24-19(28)11-12-33(30,31)14-15-7-3-1-4-8-15/h1-11,17H,12-14H2,(H2,23,27)(H,24,28). The van der Waals surface area contributed by atoms with Crippen molar-refractivity contribution in [2.45, 2.75) is 18.2 Å². The van der Waals surface area contributed by atoms with Crippen LogP contribution in [0.4, 0.5) is 0 Å². The lowest BCUT2D eigenvalue weighted by atomic mass is 10.1. The maximum Gasteiger partial charge on any atom is 0.296 e. The summed E-state index contributed by atoms with van der Waals surface area (Å²) in [4.78, 5) is 40.5. The number of rotatable bonds is 11. The van der Waals surface area contributed by atoms with Crippen molar-refractivity contribution >= 4 is 27.4 Å². The Bertz CT molecular complexity index is 1230. The first kappa shape index (κ1) is 23.8. The van der Waals surface area contributed by atoms with Crippen molar-refractivity contribution in [2.75, 3.05) is 5.75 Å². The van der Waals surface area contributed by atoms with Gasteiger partial charge in [-0.25, -0.2) is 8.42 Å². The second-order valence-corrected chi connectivity index (χ2v) is 9.24. The van der Waals surface area contributed by atoms with Gasteiger partial charge in [0.25, 0.3) is 5.89 Å². The second kappa shape index (κ2) is 10.6. The van der Waals surface area contributed by atoms with Gasteiger partial charge in [-0.15, -0.1) is 0 Å². The first-order valence-corrected chi connectivity index (χ1v) is 11.7. The molecule has 1 unspecified atom stereocenters. The minimum absolute atomic E-state index is 0.154. The van der Waals surface area contributed by atoms with Gasteiger partial charge >= 0.3 is 0 Å². The second-order valence-electron chi connectivity index (χ2n) is 7.13. The summed E-state index contributed by atoms with van der Waals surface area (Å²) in [5.41, 5.74) is 6.38. The maximum atomic E-state index is 12.8. The van der Waals surface area contributed by atoms with Gasteiger partial charge in [0, 0.05) is 5.56 Å². The van der Waals surface area contributed by atoms with Gasteiger partial charge in [0.2, 0.25) is 23.4 Å². The van der Waals surface area contributed by atoms with Crippen molar-refractivity contribution in [3.63, 3.8) is 0 Å². The molecule has 0 bridgehead atoms. The van der Waals surface area contributed by atoms with Crippen molar-refractivity contribution in [2.24, 2.45) is 5.73 Å². The Morgan fingerprint density at radius 2 is 1.67 bits per heavy atom. The Morgan fingerprint density at radius 1 is 1.03 bits per heavy atom. The molecule has 33 heavy (non-hydrogen) atoms. The first-order chi connectivity index (χ1) is 15.7. The number of nitrogens with two attached hydrogens (primary N) is 1. The topological polar surface area (TPSA) is 162 Å². The largest absolute Gasteiger partial charge is 0.370 e. The molecule has 3 rings (SSSR count). The molecule has 3 aromatic rings. The third-order valence-corrected chi connectivity index (χ3v) is 5.91. The number of nitrogens with zero attached hydrogens (tertiary/aromatic N) is 2. The van der Waals surface area contributed by atoms with Gasteiger partial charge in [0.1, 0.15) is 6.04 Å². The summed E-state index contributed by atoms with van der Waals surface area (Å²) in [7, 11) is -3.62. The molecule has 0 spiro atoms. The summed E-state index contributed by atoms with van der Waals surface area (Å²) in [5.74, 6) is -3.59. The predicted octanol–water partition coefficient (Wildman–Crippen LogP) is 1.10. The quantitative estimate of drug-likeness (QED) is 0.394. The Hall–Kier alpha value is -3.86. The number of primary amides is 1. The van der Waals surface area contributed by atoms with E-state index in [0.717, 1.165) is 6.42 Å². The van der Waals surface area contributed by atoms with Gasteiger partial charge in [-0.2, -0.15) is 4.98 Å². The van der Waals surface area contributed by atoms with Gasteiger partial charge in [-0.3, -0.25) is 14.4 Å². The van der Waals surface area contributed by atoms with Gasteiger partial charge in [0.05, 0.1) is 24.3 Å². The van der Waals surface area contributed by atoms with E-state index in [1.807, 2.05) is 0 Å². The van der Waals surface area contributed by atoms with Crippen molar-refractivity contribution in [3.05, 3.63) is 78.5 Å². The molecule has 0 aliphatic carbocycles. The highest BCUT2D eigenvalue weighted by Gasteiger charge is 2.29. The van der Waals surface area contributed by atoms with E-state index < -0.39 is 51.5 Å². The molecular formula is C22H21N4O6S. The molecule has 2 aromatic carbocycles. The fourth-order valence-electron chi connectivity index (χ4n) is 2.91. The number of aromatic nitrogens is 2. The van der Waals surface area contributed by atoms with Crippen LogP contribution in [-0.2, 0) is 25.2 Å². The van der Waals surface area contributed by atoms with Crippen LogP contribution in [0.2, 0.25) is 0 Å². The van der Waals surface area contributed by atoms with E-state index in [4.69, 9.17) is 10.3 Å². The molecule has 0 fully saturated rings. The molecule has 1 heterocycles. The molecule has 1 radical (unpaired) electrons. The monoisotopic (exact) mass is 469 g/mol. The molecule has 11 heteroatoms. The van der Waals surface area contributed by atoms with Crippen molar-refractivity contribution in [3.8, 4) is 11.4 Å². The van der Waals surface area contributed by atoms with Crippen LogP contribution in [0.15, 0.2) is 65.2 Å². The molecule has 0 aliphatic rings. The average molecular weight is 469 g/mol. The number of sulfone groups is 1. The molecule has 2 amide bonds. The fourth-order valence-corrected chi connectivity index (χ4v) is 4.13.